The molecule has 0 spiro atoms. The summed E-state index contributed by atoms with van der Waals surface area (Å²) in [6, 6.07) is 15.3. The van der Waals surface area contributed by atoms with Crippen LogP contribution in [0.1, 0.15) is 35.4 Å². The highest BCUT2D eigenvalue weighted by Crippen LogP contribution is 2.33. The van der Waals surface area contributed by atoms with E-state index >= 15 is 0 Å². The van der Waals surface area contributed by atoms with Crippen LogP contribution >= 0.6 is 35.3 Å². The normalized spacial score (nSPS) is 23.2. The lowest BCUT2D eigenvalue weighted by Crippen LogP contribution is -2.47. The summed E-state index contributed by atoms with van der Waals surface area (Å²) in [5.41, 5.74) is 1.27. The summed E-state index contributed by atoms with van der Waals surface area (Å²) >= 11 is 1.82. The van der Waals surface area contributed by atoms with Gasteiger partial charge in [0.1, 0.15) is 0 Å². The van der Waals surface area contributed by atoms with Gasteiger partial charge >= 0.3 is 0 Å². The van der Waals surface area contributed by atoms with E-state index in [0.29, 0.717) is 12.0 Å². The number of nitrogens with one attached hydrogen (secondary N) is 2. The summed E-state index contributed by atoms with van der Waals surface area (Å²) < 4.78 is 11.7. The van der Waals surface area contributed by atoms with Crippen LogP contribution in [0.4, 0.5) is 0 Å². The molecule has 0 bridgehead atoms. The number of benzene rings is 1. The smallest absolute Gasteiger partial charge is 0.191 e. The first-order valence-electron chi connectivity index (χ1n) is 11.3. The van der Waals surface area contributed by atoms with Crippen LogP contribution in [0.3, 0.4) is 0 Å². The van der Waals surface area contributed by atoms with Gasteiger partial charge in [0.15, 0.2) is 5.96 Å². The quantitative estimate of drug-likeness (QED) is 0.299. The molecule has 4 rings (SSSR count). The third-order valence-electron chi connectivity index (χ3n) is 6.15. The highest BCUT2D eigenvalue weighted by Gasteiger charge is 2.28. The maximum absolute atomic E-state index is 6.15. The molecule has 176 valence electrons. The molecule has 0 amide bonds. The summed E-state index contributed by atoms with van der Waals surface area (Å²) in [4.78, 5) is 8.38. The Labute approximate surface area is 212 Å². The van der Waals surface area contributed by atoms with E-state index in [1.807, 2.05) is 18.4 Å². The van der Waals surface area contributed by atoms with Gasteiger partial charge in [-0.2, -0.15) is 0 Å². The molecule has 1 aromatic carbocycles. The van der Waals surface area contributed by atoms with Gasteiger partial charge in [0.05, 0.1) is 25.4 Å². The van der Waals surface area contributed by atoms with Crippen molar-refractivity contribution in [1.82, 2.24) is 15.5 Å². The lowest BCUT2D eigenvalue weighted by Gasteiger charge is -2.35. The van der Waals surface area contributed by atoms with Crippen LogP contribution in [0.2, 0.25) is 0 Å². The SMILES string of the molecule is CN=C(NCC1CCCOC1c1ccccc1)NCC(c1cccs1)N1CCOCC1.I. The number of halogens is 1. The van der Waals surface area contributed by atoms with E-state index in [1.165, 1.54) is 10.4 Å². The van der Waals surface area contributed by atoms with Crippen LogP contribution in [0.25, 0.3) is 0 Å². The highest BCUT2D eigenvalue weighted by molar-refractivity contribution is 14.0. The molecule has 32 heavy (non-hydrogen) atoms. The monoisotopic (exact) mass is 570 g/mol. The van der Waals surface area contributed by atoms with Gasteiger partial charge in [0, 0.05) is 50.6 Å². The Hall–Kier alpha value is -1.20. The number of morpholine rings is 1. The van der Waals surface area contributed by atoms with Gasteiger partial charge < -0.3 is 20.1 Å². The Morgan fingerprint density at radius 2 is 1.94 bits per heavy atom. The van der Waals surface area contributed by atoms with Crippen LogP contribution in [-0.4, -0.2) is 63.9 Å². The van der Waals surface area contributed by atoms with Gasteiger partial charge in [-0.05, 0) is 29.9 Å². The van der Waals surface area contributed by atoms with Crippen molar-refractivity contribution in [3.63, 3.8) is 0 Å². The fourth-order valence-corrected chi connectivity index (χ4v) is 5.35. The molecule has 6 nitrogen and oxygen atoms in total. The van der Waals surface area contributed by atoms with Crippen molar-refractivity contribution >= 4 is 41.3 Å². The molecule has 2 aliphatic rings. The molecule has 2 N–H and O–H groups in total. The number of guanidine groups is 1. The van der Waals surface area contributed by atoms with E-state index in [0.717, 1.165) is 64.8 Å². The number of nitrogens with zero attached hydrogens (tertiary/aromatic N) is 2. The Bertz CT molecular complexity index is 800. The maximum Gasteiger partial charge on any atom is 0.191 e. The minimum atomic E-state index is 0. The van der Waals surface area contributed by atoms with E-state index in [9.17, 15) is 0 Å². The molecular weight excluding hydrogens is 535 g/mol. The Balaban J connectivity index is 0.00000289. The molecule has 8 heteroatoms. The van der Waals surface area contributed by atoms with Gasteiger partial charge in [-0.3, -0.25) is 9.89 Å². The fourth-order valence-electron chi connectivity index (χ4n) is 4.48. The zero-order valence-corrected chi connectivity index (χ0v) is 21.9. The molecule has 0 aliphatic carbocycles. The van der Waals surface area contributed by atoms with Crippen molar-refractivity contribution in [2.24, 2.45) is 10.9 Å². The zero-order chi connectivity index (χ0) is 21.3. The molecule has 3 atom stereocenters. The van der Waals surface area contributed by atoms with E-state index in [-0.39, 0.29) is 30.1 Å². The Morgan fingerprint density at radius 3 is 2.66 bits per heavy atom. The number of hydrogen-bond acceptors (Lipinski definition) is 5. The summed E-state index contributed by atoms with van der Waals surface area (Å²) in [6.45, 7) is 6.05. The van der Waals surface area contributed by atoms with E-state index < -0.39 is 0 Å². The van der Waals surface area contributed by atoms with Crippen molar-refractivity contribution in [1.29, 1.82) is 0 Å². The number of ether oxygens (including phenoxy) is 2. The minimum Gasteiger partial charge on any atom is -0.379 e. The van der Waals surface area contributed by atoms with Crippen molar-refractivity contribution in [3.8, 4) is 0 Å². The largest absolute Gasteiger partial charge is 0.379 e. The van der Waals surface area contributed by atoms with Crippen LogP contribution in [0.15, 0.2) is 52.8 Å². The Kier molecular flexibility index (Phi) is 10.7. The first kappa shape index (κ1) is 25.4. The molecule has 2 saturated heterocycles. The highest BCUT2D eigenvalue weighted by atomic mass is 127. The average Bonchev–Trinajstić information content (AvgIpc) is 3.37. The average molecular weight is 571 g/mol. The van der Waals surface area contributed by atoms with Crippen molar-refractivity contribution in [3.05, 3.63) is 58.3 Å². The zero-order valence-electron chi connectivity index (χ0n) is 18.7. The molecular formula is C24H35IN4O2S. The fraction of sp³-hybridized carbons (Fsp3) is 0.542. The lowest BCUT2D eigenvalue weighted by atomic mass is 9.89. The predicted octanol–water partition coefficient (Wildman–Crippen LogP) is 4.07. The summed E-state index contributed by atoms with van der Waals surface area (Å²) in [5, 5.41) is 9.29. The second-order valence-electron chi connectivity index (χ2n) is 8.12. The molecule has 2 aliphatic heterocycles. The second kappa shape index (κ2) is 13.5. The lowest BCUT2D eigenvalue weighted by molar-refractivity contribution is -0.0265. The molecule has 2 fully saturated rings. The minimum absolute atomic E-state index is 0. The number of aliphatic imine (C=N–C) groups is 1. The first-order chi connectivity index (χ1) is 15.3. The van der Waals surface area contributed by atoms with Gasteiger partial charge in [0.25, 0.3) is 0 Å². The number of hydrogen-bond donors (Lipinski definition) is 2. The molecule has 1 aromatic heterocycles. The van der Waals surface area contributed by atoms with Gasteiger partial charge in [-0.15, -0.1) is 35.3 Å². The summed E-state index contributed by atoms with van der Waals surface area (Å²) in [7, 11) is 1.84. The second-order valence-corrected chi connectivity index (χ2v) is 9.10. The van der Waals surface area contributed by atoms with E-state index in [4.69, 9.17) is 9.47 Å². The number of rotatable bonds is 7. The van der Waals surface area contributed by atoms with E-state index in [2.05, 4.69) is 68.4 Å². The molecule has 3 unspecified atom stereocenters. The molecule has 2 aromatic rings. The first-order valence-corrected chi connectivity index (χ1v) is 12.2. The van der Waals surface area contributed by atoms with Gasteiger partial charge in [-0.25, -0.2) is 0 Å². The summed E-state index contributed by atoms with van der Waals surface area (Å²) in [5.74, 6) is 1.29. The Morgan fingerprint density at radius 1 is 1.12 bits per heavy atom. The third kappa shape index (κ3) is 6.90. The van der Waals surface area contributed by atoms with Crippen LogP contribution in [0, 0.1) is 5.92 Å². The van der Waals surface area contributed by atoms with Gasteiger partial charge in [-0.1, -0.05) is 36.4 Å². The van der Waals surface area contributed by atoms with Crippen LogP contribution in [-0.2, 0) is 9.47 Å². The topological polar surface area (TPSA) is 58.1 Å². The standard InChI is InChI=1S/C24H34N4O2S.HI/c1-25-24(26-17-20-9-5-13-30-23(20)19-7-3-2-4-8-19)27-18-21(22-10-6-16-31-22)28-11-14-29-15-12-28;/h2-4,6-8,10,16,20-21,23H,5,9,11-15,17-18H2,1H3,(H2,25,26,27);1H. The van der Waals surface area contributed by atoms with Crippen LogP contribution in [0.5, 0.6) is 0 Å². The molecule has 0 saturated carbocycles. The number of thiophene rings is 1. The van der Waals surface area contributed by atoms with Gasteiger partial charge in [0.2, 0.25) is 0 Å². The predicted molar refractivity (Wildman–Crippen MR) is 142 cm³/mol. The summed E-state index contributed by atoms with van der Waals surface area (Å²) in [6.07, 6.45) is 2.42. The van der Waals surface area contributed by atoms with Crippen molar-refractivity contribution in [2.45, 2.75) is 25.0 Å². The van der Waals surface area contributed by atoms with Crippen LogP contribution < -0.4 is 10.6 Å². The van der Waals surface area contributed by atoms with Crippen molar-refractivity contribution < 1.29 is 9.47 Å². The van der Waals surface area contributed by atoms with Crippen molar-refractivity contribution in [2.75, 3.05) is 53.0 Å². The maximum atomic E-state index is 6.15. The molecule has 0 radical (unpaired) electrons. The van der Waals surface area contributed by atoms with E-state index in [1.54, 1.807) is 0 Å². The molecule has 3 heterocycles. The third-order valence-corrected chi connectivity index (χ3v) is 7.12.